The van der Waals surface area contributed by atoms with Crippen LogP contribution in [0.15, 0.2) is 18.3 Å². The first-order valence-electron chi connectivity index (χ1n) is 16.7. The first kappa shape index (κ1) is 31.6. The third-order valence-corrected chi connectivity index (χ3v) is 12.1. The van der Waals surface area contributed by atoms with Crippen LogP contribution in [-0.2, 0) is 4.74 Å². The second-order valence-electron chi connectivity index (χ2n) is 14.5. The summed E-state index contributed by atoms with van der Waals surface area (Å²) in [7, 11) is 6.16. The van der Waals surface area contributed by atoms with E-state index in [0.717, 1.165) is 75.9 Å². The van der Waals surface area contributed by atoms with Crippen molar-refractivity contribution in [3.05, 3.63) is 35.5 Å². The Hall–Kier alpha value is -3.70. The average Bonchev–Trinajstić information content (AvgIpc) is 3.59. The van der Waals surface area contributed by atoms with E-state index in [4.69, 9.17) is 20.2 Å². The molecule has 0 radical (unpaired) electrons. The maximum atomic E-state index is 16.8. The highest BCUT2D eigenvalue weighted by Gasteiger charge is 2.47. The lowest BCUT2D eigenvalue weighted by Gasteiger charge is -2.49. The number of morpholine rings is 1. The number of benzene rings is 1. The Morgan fingerprint density at radius 2 is 1.88 bits per heavy atom. The number of hydrogen-bond acceptors (Lipinski definition) is 11. The number of fused-ring (bicyclic) bond motifs is 4. The third-order valence-electron chi connectivity index (χ3n) is 11.1. The van der Waals surface area contributed by atoms with Crippen molar-refractivity contribution in [1.29, 1.82) is 5.26 Å². The number of likely N-dealkylation sites (tertiary alicyclic amines) is 1. The summed E-state index contributed by atoms with van der Waals surface area (Å²) < 4.78 is 44.3. The van der Waals surface area contributed by atoms with E-state index in [0.29, 0.717) is 36.6 Å². The molecule has 0 amide bonds. The van der Waals surface area contributed by atoms with Crippen molar-refractivity contribution in [2.45, 2.75) is 62.7 Å². The number of nitriles is 1. The van der Waals surface area contributed by atoms with Gasteiger partial charge in [0.1, 0.15) is 33.9 Å². The molecular weight excluding hydrogens is 635 g/mol. The van der Waals surface area contributed by atoms with Crippen LogP contribution in [0.2, 0.25) is 0 Å². The number of halogens is 2. The normalized spacial score (nSPS) is 22.6. The van der Waals surface area contributed by atoms with E-state index in [9.17, 15) is 9.65 Å². The van der Waals surface area contributed by atoms with E-state index in [2.05, 4.69) is 44.8 Å². The molecule has 2 N–H and O–H groups in total. The summed E-state index contributed by atoms with van der Waals surface area (Å²) in [6, 6.07) is 4.87. The van der Waals surface area contributed by atoms with Crippen LogP contribution in [-0.4, -0.2) is 96.4 Å². The van der Waals surface area contributed by atoms with E-state index in [1.165, 1.54) is 12.1 Å². The number of ether oxygens (including phenoxy) is 2. The van der Waals surface area contributed by atoms with Gasteiger partial charge >= 0.3 is 6.01 Å². The number of likely N-dealkylation sites (N-methyl/N-ethyl adjacent to an activating group) is 2. The Kier molecular flexibility index (Phi) is 7.71. The predicted octanol–water partition coefficient (Wildman–Crippen LogP) is 5.58. The van der Waals surface area contributed by atoms with Gasteiger partial charge in [0.15, 0.2) is 5.82 Å². The van der Waals surface area contributed by atoms with Gasteiger partial charge in [0.2, 0.25) is 0 Å². The van der Waals surface area contributed by atoms with Gasteiger partial charge in [0.05, 0.1) is 34.5 Å². The van der Waals surface area contributed by atoms with Gasteiger partial charge in [-0.3, -0.25) is 9.88 Å². The van der Waals surface area contributed by atoms with Crippen LogP contribution in [0.3, 0.4) is 0 Å². The molecule has 4 aromatic rings. The minimum Gasteiger partial charge on any atom is -0.463 e. The summed E-state index contributed by atoms with van der Waals surface area (Å²) in [4.78, 5) is 20.9. The number of pyridine rings is 1. The number of hydrogen-bond donors (Lipinski definition) is 1. The van der Waals surface area contributed by atoms with Gasteiger partial charge in [-0.15, -0.1) is 11.3 Å². The lowest BCUT2D eigenvalue weighted by atomic mass is 9.75. The van der Waals surface area contributed by atoms with Crippen LogP contribution in [0.5, 0.6) is 6.01 Å². The molecule has 2 atom stereocenters. The Labute approximate surface area is 282 Å². The molecule has 0 spiro atoms. The molecule has 2 bridgehead atoms. The van der Waals surface area contributed by atoms with Gasteiger partial charge in [-0.05, 0) is 71.2 Å². The smallest absolute Gasteiger partial charge is 0.319 e. The molecule has 2 saturated heterocycles. The van der Waals surface area contributed by atoms with Crippen molar-refractivity contribution >= 4 is 43.1 Å². The van der Waals surface area contributed by atoms with Gasteiger partial charge in [0, 0.05) is 61.3 Å². The number of nitrogens with two attached hydrogens (primary N) is 1. The van der Waals surface area contributed by atoms with E-state index in [-0.39, 0.29) is 54.4 Å². The molecule has 2 aliphatic heterocycles. The second-order valence-corrected chi connectivity index (χ2v) is 15.6. The molecule has 8 rings (SSSR count). The minimum absolute atomic E-state index is 0.0102. The molecule has 1 aromatic carbocycles. The number of thiophene rings is 1. The summed E-state index contributed by atoms with van der Waals surface area (Å²) >= 11 is 0.966. The van der Waals surface area contributed by atoms with E-state index < -0.39 is 11.6 Å². The second kappa shape index (κ2) is 11.7. The first-order chi connectivity index (χ1) is 23.1. The van der Waals surface area contributed by atoms with Gasteiger partial charge < -0.3 is 25.0 Å². The van der Waals surface area contributed by atoms with Crippen LogP contribution < -0.4 is 15.4 Å². The highest BCUT2D eigenvalue weighted by molar-refractivity contribution is 7.23. The molecule has 5 heterocycles. The molecule has 10 nitrogen and oxygen atoms in total. The van der Waals surface area contributed by atoms with E-state index in [1.54, 1.807) is 6.20 Å². The topological polar surface area (TPSA) is 117 Å². The van der Waals surface area contributed by atoms with Crippen LogP contribution in [0.1, 0.15) is 50.5 Å². The number of nitrogens with zero attached hydrogens (tertiary/aromatic N) is 7. The number of anilines is 2. The molecule has 4 fully saturated rings. The van der Waals surface area contributed by atoms with Gasteiger partial charge in [-0.25, -0.2) is 8.78 Å². The molecule has 13 heteroatoms. The van der Waals surface area contributed by atoms with E-state index >= 15 is 4.39 Å². The molecule has 48 heavy (non-hydrogen) atoms. The fourth-order valence-corrected chi connectivity index (χ4v) is 8.91. The molecule has 2 unspecified atom stereocenters. The number of rotatable bonds is 10. The van der Waals surface area contributed by atoms with Gasteiger partial charge in [-0.1, -0.05) is 0 Å². The maximum Gasteiger partial charge on any atom is 0.319 e. The van der Waals surface area contributed by atoms with Crippen LogP contribution >= 0.6 is 11.3 Å². The third kappa shape index (κ3) is 5.33. The zero-order chi connectivity index (χ0) is 33.4. The Morgan fingerprint density at radius 1 is 1.12 bits per heavy atom. The van der Waals surface area contributed by atoms with Crippen molar-refractivity contribution in [2.24, 2.45) is 5.41 Å². The highest BCUT2D eigenvalue weighted by atomic mass is 32.1. The molecule has 3 aromatic heterocycles. The van der Waals surface area contributed by atoms with Crippen LogP contribution in [0.4, 0.5) is 19.6 Å². The summed E-state index contributed by atoms with van der Waals surface area (Å²) in [6.07, 6.45) is 9.86. The fraction of sp³-hybridized carbons (Fsp3) is 0.543. The Bertz CT molecular complexity index is 1940. The largest absolute Gasteiger partial charge is 0.463 e. The van der Waals surface area contributed by atoms with Gasteiger partial charge in [-0.2, -0.15) is 15.2 Å². The summed E-state index contributed by atoms with van der Waals surface area (Å²) in [6.45, 7) is 3.97. The summed E-state index contributed by atoms with van der Waals surface area (Å²) in [5, 5.41) is 10.7. The average molecular weight is 675 g/mol. The highest BCUT2D eigenvalue weighted by Crippen LogP contribution is 2.48. The monoisotopic (exact) mass is 674 g/mol. The quantitative estimate of drug-likeness (QED) is 0.229. The minimum atomic E-state index is -0.688. The van der Waals surface area contributed by atoms with E-state index in [1.807, 2.05) is 7.05 Å². The number of aromatic nitrogens is 3. The standard InChI is InChI=1S/C35H40F2N8O2S/c1-43(2)35(9-4-10-35)18-44(3)32-24-14-40-28(22-7-8-25(36)30-26(22)23(13-38)31(39)48-30)27(37)29(24)41-33(42-32)46-19-34(11-12-34)17-45-15-20-5-6-21(16-45)47-20/h7-8,14,20-21H,4-6,9-12,15-19,39H2,1-3H3. The zero-order valence-electron chi connectivity index (χ0n) is 27.6. The summed E-state index contributed by atoms with van der Waals surface area (Å²) in [5.74, 6) is -0.677. The van der Waals surface area contributed by atoms with Gasteiger partial charge in [0.25, 0.3) is 0 Å². The molecule has 4 aliphatic rings. The molecule has 252 valence electrons. The first-order valence-corrected chi connectivity index (χ1v) is 17.6. The van der Waals surface area contributed by atoms with Crippen LogP contribution in [0.25, 0.3) is 32.2 Å². The van der Waals surface area contributed by atoms with Crippen molar-refractivity contribution in [1.82, 2.24) is 24.8 Å². The molecular formula is C35H40F2N8O2S. The van der Waals surface area contributed by atoms with Crippen molar-refractivity contribution in [2.75, 3.05) is 64.6 Å². The Morgan fingerprint density at radius 3 is 2.52 bits per heavy atom. The van der Waals surface area contributed by atoms with Crippen molar-refractivity contribution in [3.63, 3.8) is 0 Å². The van der Waals surface area contributed by atoms with Crippen molar-refractivity contribution in [3.8, 4) is 23.3 Å². The Balaban J connectivity index is 1.17. The van der Waals surface area contributed by atoms with Crippen molar-refractivity contribution < 1.29 is 18.3 Å². The zero-order valence-corrected chi connectivity index (χ0v) is 28.4. The molecule has 2 saturated carbocycles. The lowest BCUT2D eigenvalue weighted by Crippen LogP contribution is -2.56. The van der Waals surface area contributed by atoms with Crippen LogP contribution in [0, 0.1) is 28.4 Å². The molecule has 2 aliphatic carbocycles. The summed E-state index contributed by atoms with van der Waals surface area (Å²) in [5.41, 5.74) is 6.49. The lowest BCUT2D eigenvalue weighted by molar-refractivity contribution is -0.0460. The fourth-order valence-electron chi connectivity index (χ4n) is 7.96. The maximum absolute atomic E-state index is 16.8. The SMILES string of the molecule is CN(CC1(N(C)C)CCC1)c1nc(OCC2(CN3CC4CCC(C3)O4)CC2)nc2c(F)c(-c3ccc(F)c4sc(N)c(C#N)c34)ncc12. The number of nitrogen functional groups attached to an aromatic ring is 1. The predicted molar refractivity (Wildman–Crippen MR) is 182 cm³/mol.